The van der Waals surface area contributed by atoms with Crippen molar-refractivity contribution in [1.82, 2.24) is 4.98 Å². The topological polar surface area (TPSA) is 38.9 Å². The lowest BCUT2D eigenvalue weighted by Crippen LogP contribution is -2.36. The first-order chi connectivity index (χ1) is 6.68. The van der Waals surface area contributed by atoms with Gasteiger partial charge in [-0.2, -0.15) is 0 Å². The number of aromatic nitrogens is 1. The van der Waals surface area contributed by atoms with Crippen molar-refractivity contribution in [3.63, 3.8) is 0 Å². The standard InChI is InChI=1S/C10H15FN2S/c11-10(3-1-8(12)2-4-10)5-9-6-13-7-14-9/h6-8H,1-5,12H2. The summed E-state index contributed by atoms with van der Waals surface area (Å²) in [5, 5.41) is 0. The van der Waals surface area contributed by atoms with E-state index in [1.54, 1.807) is 11.7 Å². The molecule has 0 unspecified atom stereocenters. The van der Waals surface area contributed by atoms with Gasteiger partial charge in [0.05, 0.1) is 5.51 Å². The van der Waals surface area contributed by atoms with Crippen molar-refractivity contribution >= 4 is 11.3 Å². The number of hydrogen-bond acceptors (Lipinski definition) is 3. The monoisotopic (exact) mass is 214 g/mol. The summed E-state index contributed by atoms with van der Waals surface area (Å²) in [6.45, 7) is 0. The number of hydrogen-bond donors (Lipinski definition) is 1. The molecule has 0 amide bonds. The van der Waals surface area contributed by atoms with Gasteiger partial charge in [0.2, 0.25) is 0 Å². The molecule has 1 heterocycles. The third kappa shape index (κ3) is 2.30. The van der Waals surface area contributed by atoms with Crippen LogP contribution in [0.4, 0.5) is 4.39 Å². The number of rotatable bonds is 2. The molecule has 2 rings (SSSR count). The first kappa shape index (κ1) is 10.1. The molecule has 0 aromatic carbocycles. The Morgan fingerprint density at radius 3 is 2.86 bits per heavy atom. The largest absolute Gasteiger partial charge is 0.328 e. The molecule has 0 atom stereocenters. The van der Waals surface area contributed by atoms with Gasteiger partial charge in [-0.1, -0.05) is 0 Å². The van der Waals surface area contributed by atoms with E-state index < -0.39 is 5.67 Å². The highest BCUT2D eigenvalue weighted by molar-refractivity contribution is 7.09. The maximum Gasteiger partial charge on any atom is 0.116 e. The van der Waals surface area contributed by atoms with Crippen LogP contribution in [0.3, 0.4) is 0 Å². The molecule has 0 spiro atoms. The molecule has 14 heavy (non-hydrogen) atoms. The van der Waals surface area contributed by atoms with Crippen LogP contribution in [0.15, 0.2) is 11.7 Å². The molecule has 0 radical (unpaired) electrons. The van der Waals surface area contributed by atoms with E-state index in [-0.39, 0.29) is 6.04 Å². The predicted octanol–water partition coefficient (Wildman–Crippen LogP) is 2.30. The molecule has 0 saturated heterocycles. The molecule has 2 N–H and O–H groups in total. The molecule has 1 aromatic rings. The van der Waals surface area contributed by atoms with Gasteiger partial charge in [-0.05, 0) is 25.7 Å². The van der Waals surface area contributed by atoms with Crippen LogP contribution in [0.5, 0.6) is 0 Å². The van der Waals surface area contributed by atoms with Gasteiger partial charge < -0.3 is 5.73 Å². The lowest BCUT2D eigenvalue weighted by Gasteiger charge is -2.32. The van der Waals surface area contributed by atoms with Crippen LogP contribution < -0.4 is 5.73 Å². The molecule has 2 nitrogen and oxygen atoms in total. The Balaban J connectivity index is 1.96. The van der Waals surface area contributed by atoms with Crippen molar-refractivity contribution < 1.29 is 4.39 Å². The second-order valence-electron chi connectivity index (χ2n) is 4.13. The Kier molecular flexibility index (Phi) is 2.83. The molecule has 0 aliphatic heterocycles. The highest BCUT2D eigenvalue weighted by Gasteiger charge is 2.34. The third-order valence-electron chi connectivity index (χ3n) is 2.90. The van der Waals surface area contributed by atoms with E-state index in [1.165, 1.54) is 11.3 Å². The average Bonchev–Trinajstić information content (AvgIpc) is 2.63. The summed E-state index contributed by atoms with van der Waals surface area (Å²) in [5.41, 5.74) is 6.48. The van der Waals surface area contributed by atoms with E-state index in [1.807, 2.05) is 0 Å². The fourth-order valence-corrected chi connectivity index (χ4v) is 2.70. The van der Waals surface area contributed by atoms with Crippen molar-refractivity contribution in [2.45, 2.75) is 43.8 Å². The number of nitrogens with two attached hydrogens (primary N) is 1. The van der Waals surface area contributed by atoms with E-state index in [4.69, 9.17) is 5.73 Å². The normalized spacial score (nSPS) is 33.1. The lowest BCUT2D eigenvalue weighted by molar-refractivity contribution is 0.100. The summed E-state index contributed by atoms with van der Waals surface area (Å²) >= 11 is 1.53. The second kappa shape index (κ2) is 3.95. The molecule has 1 saturated carbocycles. The summed E-state index contributed by atoms with van der Waals surface area (Å²) in [6, 6.07) is 0.209. The number of alkyl halides is 1. The van der Waals surface area contributed by atoms with E-state index in [2.05, 4.69) is 4.98 Å². The van der Waals surface area contributed by atoms with Crippen molar-refractivity contribution in [3.05, 3.63) is 16.6 Å². The number of nitrogens with zero attached hydrogens (tertiary/aromatic N) is 1. The summed E-state index contributed by atoms with van der Waals surface area (Å²) in [4.78, 5) is 5.01. The third-order valence-corrected chi connectivity index (χ3v) is 3.68. The zero-order chi connectivity index (χ0) is 10.0. The zero-order valence-electron chi connectivity index (χ0n) is 8.08. The van der Waals surface area contributed by atoms with Crippen LogP contribution in [0.25, 0.3) is 0 Å². The SMILES string of the molecule is NC1CCC(F)(Cc2cncs2)CC1. The van der Waals surface area contributed by atoms with Crippen molar-refractivity contribution in [2.75, 3.05) is 0 Å². The van der Waals surface area contributed by atoms with Gasteiger partial charge in [0.15, 0.2) is 0 Å². The van der Waals surface area contributed by atoms with Gasteiger partial charge in [0.1, 0.15) is 5.67 Å². The predicted molar refractivity (Wildman–Crippen MR) is 56.1 cm³/mol. The van der Waals surface area contributed by atoms with Gasteiger partial charge in [-0.15, -0.1) is 11.3 Å². The quantitative estimate of drug-likeness (QED) is 0.820. The van der Waals surface area contributed by atoms with Crippen molar-refractivity contribution in [3.8, 4) is 0 Å². The maximum atomic E-state index is 14.2. The van der Waals surface area contributed by atoms with Gasteiger partial charge in [0, 0.05) is 23.5 Å². The highest BCUT2D eigenvalue weighted by atomic mass is 32.1. The minimum Gasteiger partial charge on any atom is -0.328 e. The molecule has 1 aliphatic carbocycles. The minimum absolute atomic E-state index is 0.209. The van der Waals surface area contributed by atoms with Crippen LogP contribution in [0.2, 0.25) is 0 Å². The van der Waals surface area contributed by atoms with E-state index in [0.717, 1.165) is 17.7 Å². The van der Waals surface area contributed by atoms with Gasteiger partial charge in [-0.3, -0.25) is 4.98 Å². The van der Waals surface area contributed by atoms with E-state index in [9.17, 15) is 4.39 Å². The van der Waals surface area contributed by atoms with Gasteiger partial charge in [-0.25, -0.2) is 4.39 Å². The van der Waals surface area contributed by atoms with Crippen molar-refractivity contribution in [1.29, 1.82) is 0 Å². The Hall–Kier alpha value is -0.480. The molecule has 1 fully saturated rings. The number of halogens is 1. The maximum absolute atomic E-state index is 14.2. The van der Waals surface area contributed by atoms with Crippen molar-refractivity contribution in [2.24, 2.45) is 5.73 Å². The van der Waals surface area contributed by atoms with E-state index in [0.29, 0.717) is 19.3 Å². The van der Waals surface area contributed by atoms with Crippen LogP contribution in [-0.4, -0.2) is 16.7 Å². The Morgan fingerprint density at radius 1 is 1.57 bits per heavy atom. The smallest absolute Gasteiger partial charge is 0.116 e. The molecule has 4 heteroatoms. The van der Waals surface area contributed by atoms with Crippen LogP contribution in [0, 0.1) is 0 Å². The summed E-state index contributed by atoms with van der Waals surface area (Å²) in [5.74, 6) is 0. The molecular formula is C10H15FN2S. The molecule has 1 aromatic heterocycles. The summed E-state index contributed by atoms with van der Waals surface area (Å²) in [7, 11) is 0. The minimum atomic E-state index is -1.03. The molecular weight excluding hydrogens is 199 g/mol. The van der Waals surface area contributed by atoms with Gasteiger partial charge in [0.25, 0.3) is 0 Å². The Morgan fingerprint density at radius 2 is 2.29 bits per heavy atom. The first-order valence-electron chi connectivity index (χ1n) is 5.00. The average molecular weight is 214 g/mol. The number of thiazole rings is 1. The van der Waals surface area contributed by atoms with Crippen LogP contribution >= 0.6 is 11.3 Å². The molecule has 1 aliphatic rings. The van der Waals surface area contributed by atoms with Crippen LogP contribution in [-0.2, 0) is 6.42 Å². The lowest BCUT2D eigenvalue weighted by atomic mass is 9.81. The fourth-order valence-electron chi connectivity index (χ4n) is 1.98. The van der Waals surface area contributed by atoms with Crippen LogP contribution in [0.1, 0.15) is 30.6 Å². The highest BCUT2D eigenvalue weighted by Crippen LogP contribution is 2.34. The Labute approximate surface area is 87.3 Å². The van der Waals surface area contributed by atoms with E-state index >= 15 is 0 Å². The zero-order valence-corrected chi connectivity index (χ0v) is 8.89. The first-order valence-corrected chi connectivity index (χ1v) is 5.88. The summed E-state index contributed by atoms with van der Waals surface area (Å²) in [6.07, 6.45) is 5.12. The Bertz CT molecular complexity index is 278. The summed E-state index contributed by atoms with van der Waals surface area (Å²) < 4.78 is 14.2. The second-order valence-corrected chi connectivity index (χ2v) is 5.10. The molecule has 78 valence electrons. The molecule has 0 bridgehead atoms. The van der Waals surface area contributed by atoms with Gasteiger partial charge >= 0.3 is 0 Å². The fraction of sp³-hybridized carbons (Fsp3) is 0.700.